The van der Waals surface area contributed by atoms with E-state index in [0.717, 1.165) is 22.3 Å². The van der Waals surface area contributed by atoms with Crippen LogP contribution in [0.25, 0.3) is 0 Å². The van der Waals surface area contributed by atoms with Gasteiger partial charge in [0.15, 0.2) is 11.5 Å². The molecule has 0 unspecified atom stereocenters. The zero-order valence-corrected chi connectivity index (χ0v) is 13.0. The van der Waals surface area contributed by atoms with Gasteiger partial charge in [-0.1, -0.05) is 0 Å². The van der Waals surface area contributed by atoms with Crippen LogP contribution in [0.3, 0.4) is 0 Å². The second kappa shape index (κ2) is 4.56. The number of nitrogens with zero attached hydrogens (tertiary/aromatic N) is 1. The summed E-state index contributed by atoms with van der Waals surface area (Å²) in [5.74, 6) is 1.12. The molecule has 4 nitrogen and oxygen atoms in total. The molecule has 0 N–H and O–H groups in total. The van der Waals surface area contributed by atoms with Gasteiger partial charge in [0.05, 0.1) is 7.11 Å². The van der Waals surface area contributed by atoms with E-state index >= 15 is 0 Å². The fourth-order valence-electron chi connectivity index (χ4n) is 2.62. The van der Waals surface area contributed by atoms with Gasteiger partial charge in [0, 0.05) is 12.1 Å². The average Bonchev–Trinajstić information content (AvgIpc) is 2.44. The molecule has 0 bridgehead atoms. The number of ether oxygens (including phenoxy) is 1. The van der Waals surface area contributed by atoms with Crippen LogP contribution < -0.4 is 9.55 Å². The summed E-state index contributed by atoms with van der Waals surface area (Å²) in [7, 11) is 1.43. The van der Waals surface area contributed by atoms with E-state index in [1.807, 2.05) is 52.0 Å². The van der Waals surface area contributed by atoms with Crippen LogP contribution in [0.1, 0.15) is 22.3 Å². The maximum atomic E-state index is 13.3. The van der Waals surface area contributed by atoms with Crippen molar-refractivity contribution in [3.05, 3.63) is 51.7 Å². The molecule has 1 aliphatic rings. The van der Waals surface area contributed by atoms with Crippen LogP contribution in [-0.2, 0) is 4.84 Å². The quantitative estimate of drug-likeness (QED) is 0.562. The summed E-state index contributed by atoms with van der Waals surface area (Å²) in [6.07, 6.45) is 0. The Morgan fingerprint density at radius 2 is 1.19 bits per heavy atom. The highest BCUT2D eigenvalue weighted by Gasteiger charge is 2.38. The van der Waals surface area contributed by atoms with Crippen molar-refractivity contribution in [2.75, 3.05) is 7.11 Å². The number of aryl methyl sites for hydroxylation is 4. The van der Waals surface area contributed by atoms with Crippen LogP contribution in [0.15, 0.2) is 24.3 Å². The fourth-order valence-corrected chi connectivity index (χ4v) is 2.62. The third-order valence-electron chi connectivity index (χ3n) is 4.26. The largest absolute Gasteiger partial charge is 0.588 e. The van der Waals surface area contributed by atoms with Crippen molar-refractivity contribution in [1.82, 2.24) is 4.81 Å². The molecule has 0 aliphatic carbocycles. The van der Waals surface area contributed by atoms with E-state index in [1.54, 1.807) is 0 Å². The highest BCUT2D eigenvalue weighted by atomic mass is 16.9. The maximum Gasteiger partial charge on any atom is 0.214 e. The SMILES string of the molecule is CO[N+]1([O-])c2cc(C)c(C)cc2Oc2cc(C)c(C)cc21. The molecular formula is C17H19NO3. The molecule has 1 aliphatic heterocycles. The van der Waals surface area contributed by atoms with Crippen LogP contribution >= 0.6 is 0 Å². The monoisotopic (exact) mass is 285 g/mol. The van der Waals surface area contributed by atoms with Gasteiger partial charge in [-0.2, -0.15) is 4.84 Å². The minimum atomic E-state index is -0.951. The molecule has 0 saturated carbocycles. The van der Waals surface area contributed by atoms with Crippen molar-refractivity contribution in [2.45, 2.75) is 27.7 Å². The highest BCUT2D eigenvalue weighted by molar-refractivity contribution is 5.75. The maximum absolute atomic E-state index is 13.3. The smallest absolute Gasteiger partial charge is 0.214 e. The zero-order chi connectivity index (χ0) is 15.4. The first-order valence-electron chi connectivity index (χ1n) is 6.94. The zero-order valence-electron chi connectivity index (χ0n) is 13.0. The summed E-state index contributed by atoms with van der Waals surface area (Å²) in [6.45, 7) is 7.96. The Bertz CT molecular complexity index is 680. The van der Waals surface area contributed by atoms with E-state index < -0.39 is 4.81 Å². The Labute approximate surface area is 124 Å². The van der Waals surface area contributed by atoms with E-state index in [2.05, 4.69) is 0 Å². The summed E-state index contributed by atoms with van der Waals surface area (Å²) < 4.78 is 5.95. The number of quaternary nitrogens is 1. The lowest BCUT2D eigenvalue weighted by Gasteiger charge is -2.41. The van der Waals surface area contributed by atoms with Crippen molar-refractivity contribution >= 4 is 11.4 Å². The van der Waals surface area contributed by atoms with Crippen molar-refractivity contribution in [3.8, 4) is 11.5 Å². The molecule has 2 aromatic carbocycles. The van der Waals surface area contributed by atoms with Gasteiger partial charge in [-0.25, -0.2) is 0 Å². The predicted octanol–water partition coefficient (Wildman–Crippen LogP) is 4.72. The van der Waals surface area contributed by atoms with Gasteiger partial charge < -0.3 is 9.94 Å². The lowest BCUT2D eigenvalue weighted by molar-refractivity contribution is -0.0342. The predicted molar refractivity (Wildman–Crippen MR) is 83.7 cm³/mol. The Hall–Kier alpha value is -1.88. The molecule has 0 saturated heterocycles. The first kappa shape index (κ1) is 14.1. The van der Waals surface area contributed by atoms with Crippen molar-refractivity contribution in [1.29, 1.82) is 0 Å². The van der Waals surface area contributed by atoms with Crippen LogP contribution in [0.5, 0.6) is 11.5 Å². The van der Waals surface area contributed by atoms with Crippen molar-refractivity contribution < 1.29 is 9.57 Å². The van der Waals surface area contributed by atoms with Gasteiger partial charge in [-0.15, -0.1) is 4.81 Å². The molecule has 4 heteroatoms. The number of benzene rings is 2. The van der Waals surface area contributed by atoms with Crippen LogP contribution in [0, 0.1) is 32.9 Å². The molecule has 0 radical (unpaired) electrons. The van der Waals surface area contributed by atoms with Gasteiger partial charge >= 0.3 is 0 Å². The Balaban J connectivity index is 2.31. The Morgan fingerprint density at radius 1 is 0.810 bits per heavy atom. The summed E-state index contributed by atoms with van der Waals surface area (Å²) in [5, 5.41) is 13.3. The molecular weight excluding hydrogens is 266 g/mol. The van der Waals surface area contributed by atoms with Crippen LogP contribution in [0.4, 0.5) is 11.4 Å². The summed E-state index contributed by atoms with van der Waals surface area (Å²) >= 11 is 0. The van der Waals surface area contributed by atoms with Crippen LogP contribution in [0.2, 0.25) is 0 Å². The fraction of sp³-hybridized carbons (Fsp3) is 0.294. The first-order chi connectivity index (χ1) is 9.86. The molecule has 0 aromatic heterocycles. The van der Waals surface area contributed by atoms with Gasteiger partial charge in [0.1, 0.15) is 0 Å². The van der Waals surface area contributed by atoms with E-state index in [4.69, 9.17) is 9.57 Å². The first-order valence-corrected chi connectivity index (χ1v) is 6.94. The molecule has 0 spiro atoms. The number of fused-ring (bicyclic) bond motifs is 2. The third-order valence-corrected chi connectivity index (χ3v) is 4.26. The molecule has 3 rings (SSSR count). The minimum Gasteiger partial charge on any atom is -0.588 e. The third kappa shape index (κ3) is 1.95. The Morgan fingerprint density at radius 3 is 1.57 bits per heavy atom. The topological polar surface area (TPSA) is 41.5 Å². The molecule has 21 heavy (non-hydrogen) atoms. The van der Waals surface area contributed by atoms with Gasteiger partial charge in [0.25, 0.3) is 0 Å². The molecule has 1 heterocycles. The molecule has 0 amide bonds. The average molecular weight is 285 g/mol. The lowest BCUT2D eigenvalue weighted by atomic mass is 10.0. The van der Waals surface area contributed by atoms with Crippen LogP contribution in [-0.4, -0.2) is 7.11 Å². The van der Waals surface area contributed by atoms with E-state index in [1.165, 1.54) is 7.11 Å². The number of rotatable bonds is 1. The summed E-state index contributed by atoms with van der Waals surface area (Å²) in [4.78, 5) is 4.37. The summed E-state index contributed by atoms with van der Waals surface area (Å²) in [6, 6.07) is 7.48. The van der Waals surface area contributed by atoms with Gasteiger partial charge in [-0.05, 0) is 62.1 Å². The van der Waals surface area contributed by atoms with Crippen molar-refractivity contribution in [3.63, 3.8) is 0 Å². The number of hydrogen-bond acceptors (Lipinski definition) is 3. The van der Waals surface area contributed by atoms with Crippen molar-refractivity contribution in [2.24, 2.45) is 0 Å². The molecule has 0 atom stereocenters. The minimum absolute atomic E-state index is 0.483. The Kier molecular flexibility index (Phi) is 3.06. The second-order valence-electron chi connectivity index (χ2n) is 5.64. The molecule has 2 aromatic rings. The van der Waals surface area contributed by atoms with E-state index in [-0.39, 0.29) is 0 Å². The highest BCUT2D eigenvalue weighted by Crippen LogP contribution is 2.52. The second-order valence-corrected chi connectivity index (χ2v) is 5.64. The van der Waals surface area contributed by atoms with Gasteiger partial charge in [-0.3, -0.25) is 0 Å². The van der Waals surface area contributed by atoms with E-state index in [0.29, 0.717) is 22.9 Å². The normalized spacial score (nSPS) is 15.1. The van der Waals surface area contributed by atoms with E-state index in [9.17, 15) is 5.21 Å². The molecule has 0 fully saturated rings. The summed E-state index contributed by atoms with van der Waals surface area (Å²) in [5.41, 5.74) is 5.22. The standard InChI is InChI=1S/C17H19NO3/c1-10-6-14-16(8-12(10)3)21-17-9-13(4)11(2)7-15(17)18(14,19)20-5/h6-9H,1-5H3. The molecule has 110 valence electrons. The lowest BCUT2D eigenvalue weighted by Crippen LogP contribution is -2.38. The van der Waals surface area contributed by atoms with Gasteiger partial charge in [0.2, 0.25) is 11.4 Å². The number of hydrogen-bond donors (Lipinski definition) is 0.